The normalized spacial score (nSPS) is 24.3. The van der Waals surface area contributed by atoms with E-state index in [1.165, 1.54) is 6.92 Å². The lowest BCUT2D eigenvalue weighted by Crippen LogP contribution is -2.48. The largest absolute Gasteiger partial charge is 0.361 e. The maximum absolute atomic E-state index is 12.5. The van der Waals surface area contributed by atoms with Crippen LogP contribution in [0.4, 0.5) is 0 Å². The fourth-order valence-corrected chi connectivity index (χ4v) is 4.33. The topological polar surface area (TPSA) is 80.5 Å². The Morgan fingerprint density at radius 1 is 1.41 bits per heavy atom. The van der Waals surface area contributed by atoms with Gasteiger partial charge in [-0.1, -0.05) is 19.0 Å². The number of hydrogen-bond donors (Lipinski definition) is 0. The molecule has 6 nitrogen and oxygen atoms in total. The Hall–Kier alpha value is -1.37. The van der Waals surface area contributed by atoms with Gasteiger partial charge in [-0.2, -0.15) is 0 Å². The molecule has 22 heavy (non-hydrogen) atoms. The third-order valence-electron chi connectivity index (χ3n) is 4.09. The maximum Gasteiger partial charge on any atom is 0.240 e. The molecule has 0 radical (unpaired) electrons. The van der Waals surface area contributed by atoms with Gasteiger partial charge in [0.1, 0.15) is 11.0 Å². The van der Waals surface area contributed by atoms with Gasteiger partial charge in [0.2, 0.25) is 5.91 Å². The van der Waals surface area contributed by atoms with Crippen LogP contribution in [0.5, 0.6) is 0 Å². The lowest BCUT2D eigenvalue weighted by molar-refractivity contribution is -0.133. The number of aromatic nitrogens is 1. The van der Waals surface area contributed by atoms with Gasteiger partial charge >= 0.3 is 0 Å². The maximum atomic E-state index is 12.5. The second-order valence-electron chi connectivity index (χ2n) is 6.57. The van der Waals surface area contributed by atoms with Crippen LogP contribution in [0.1, 0.15) is 38.6 Å². The van der Waals surface area contributed by atoms with Crippen molar-refractivity contribution in [2.45, 2.75) is 45.1 Å². The van der Waals surface area contributed by atoms with Gasteiger partial charge in [0, 0.05) is 19.2 Å². The fraction of sp³-hybridized carbons (Fsp3) is 0.733. The number of amides is 1. The van der Waals surface area contributed by atoms with Crippen LogP contribution in [-0.4, -0.2) is 42.7 Å². The second-order valence-corrected chi connectivity index (χ2v) is 8.89. The summed E-state index contributed by atoms with van der Waals surface area (Å²) < 4.78 is 29.7. The summed E-state index contributed by atoms with van der Waals surface area (Å²) >= 11 is 0. The summed E-state index contributed by atoms with van der Waals surface area (Å²) in [5.74, 6) is 0.791. The fourth-order valence-electron chi connectivity index (χ4n) is 3.07. The molecule has 0 N–H and O–H groups in total. The van der Waals surface area contributed by atoms with Crippen molar-refractivity contribution < 1.29 is 17.7 Å². The first-order chi connectivity index (χ1) is 10.2. The number of hydrogen-bond acceptors (Lipinski definition) is 5. The molecule has 1 aliphatic heterocycles. The number of nitrogens with zero attached hydrogens (tertiary/aromatic N) is 2. The Bertz CT molecular complexity index is 628. The van der Waals surface area contributed by atoms with E-state index in [9.17, 15) is 13.2 Å². The van der Waals surface area contributed by atoms with Gasteiger partial charge in [0.25, 0.3) is 0 Å². The van der Waals surface area contributed by atoms with E-state index in [1.807, 2.05) is 0 Å². The van der Waals surface area contributed by atoms with E-state index in [0.717, 1.165) is 6.42 Å². The number of sulfone groups is 1. The van der Waals surface area contributed by atoms with Gasteiger partial charge < -0.3 is 9.42 Å². The molecule has 0 unspecified atom stereocenters. The van der Waals surface area contributed by atoms with Crippen LogP contribution in [0.2, 0.25) is 0 Å². The first-order valence-corrected chi connectivity index (χ1v) is 9.33. The van der Waals surface area contributed by atoms with Crippen LogP contribution in [0.3, 0.4) is 0 Å². The molecule has 124 valence electrons. The molecule has 1 aromatic heterocycles. The predicted octanol–water partition coefficient (Wildman–Crippen LogP) is 1.79. The molecule has 2 heterocycles. The molecular weight excluding hydrogens is 304 g/mol. The molecule has 0 aromatic carbocycles. The predicted molar refractivity (Wildman–Crippen MR) is 82.9 cm³/mol. The van der Waals surface area contributed by atoms with Crippen molar-refractivity contribution in [3.8, 4) is 0 Å². The second kappa shape index (κ2) is 6.40. The van der Waals surface area contributed by atoms with Gasteiger partial charge in [0.05, 0.1) is 11.4 Å². The van der Waals surface area contributed by atoms with Crippen molar-refractivity contribution in [2.75, 3.05) is 13.1 Å². The summed E-state index contributed by atoms with van der Waals surface area (Å²) in [6.45, 7) is 8.61. The van der Waals surface area contributed by atoms with E-state index >= 15 is 0 Å². The number of rotatable bonds is 4. The Morgan fingerprint density at radius 2 is 2.00 bits per heavy atom. The van der Waals surface area contributed by atoms with E-state index in [0.29, 0.717) is 36.4 Å². The molecule has 0 bridgehead atoms. The zero-order chi connectivity index (χ0) is 16.5. The Labute approximate surface area is 131 Å². The minimum Gasteiger partial charge on any atom is -0.361 e. The lowest BCUT2D eigenvalue weighted by Gasteiger charge is -2.36. The lowest BCUT2D eigenvalue weighted by atomic mass is 9.92. The molecule has 0 aliphatic carbocycles. The summed E-state index contributed by atoms with van der Waals surface area (Å²) in [7, 11) is -3.60. The van der Waals surface area contributed by atoms with E-state index in [1.54, 1.807) is 17.9 Å². The zero-order valence-electron chi connectivity index (χ0n) is 13.6. The minimum atomic E-state index is -3.60. The third-order valence-corrected chi connectivity index (χ3v) is 6.07. The van der Waals surface area contributed by atoms with Gasteiger partial charge in [-0.3, -0.25) is 4.79 Å². The molecule has 1 saturated heterocycles. The van der Waals surface area contributed by atoms with Crippen LogP contribution in [-0.2, 0) is 20.4 Å². The van der Waals surface area contributed by atoms with Crippen LogP contribution in [0, 0.1) is 18.8 Å². The summed E-state index contributed by atoms with van der Waals surface area (Å²) in [5, 5.41) is 2.65. The minimum absolute atomic E-state index is 0.268. The van der Waals surface area contributed by atoms with E-state index in [4.69, 9.17) is 4.52 Å². The first-order valence-electron chi connectivity index (χ1n) is 7.61. The number of carbonyl (C=O) groups is 1. The summed E-state index contributed by atoms with van der Waals surface area (Å²) in [4.78, 5) is 14.2. The molecule has 2 rings (SSSR count). The molecular formula is C15H24N2O4S. The highest BCUT2D eigenvalue weighted by atomic mass is 32.2. The average Bonchev–Trinajstić information content (AvgIpc) is 2.80. The van der Waals surface area contributed by atoms with Gasteiger partial charge in [-0.25, -0.2) is 8.42 Å². The molecule has 0 spiro atoms. The third kappa shape index (κ3) is 3.88. The number of carbonyl (C=O) groups excluding carboxylic acids is 1. The van der Waals surface area contributed by atoms with Gasteiger partial charge in [-0.05, 0) is 32.1 Å². The molecule has 1 amide bonds. The van der Waals surface area contributed by atoms with E-state index < -0.39 is 15.1 Å². The van der Waals surface area contributed by atoms with Crippen LogP contribution >= 0.6 is 0 Å². The standard InChI is InChI=1S/C15H24N2O4S/c1-10-5-11(2)8-17(7-10)15(18)13(4)22(19,20)9-14-6-12(3)21-16-14/h6,10-11,13H,5,7-9H2,1-4H3/t10-,11+,13-/m0/s1. The highest BCUT2D eigenvalue weighted by Crippen LogP contribution is 2.23. The summed E-state index contributed by atoms with van der Waals surface area (Å²) in [6, 6.07) is 1.58. The van der Waals surface area contributed by atoms with Crippen molar-refractivity contribution in [3.05, 3.63) is 17.5 Å². The monoisotopic (exact) mass is 328 g/mol. The molecule has 3 atom stereocenters. The Kier molecular flexibility index (Phi) is 4.94. The summed E-state index contributed by atoms with van der Waals surface area (Å²) in [6.07, 6.45) is 1.07. The van der Waals surface area contributed by atoms with E-state index in [-0.39, 0.29) is 11.7 Å². The molecule has 7 heteroatoms. The Balaban J connectivity index is 2.08. The summed E-state index contributed by atoms with van der Waals surface area (Å²) in [5.41, 5.74) is 0.345. The van der Waals surface area contributed by atoms with Crippen LogP contribution < -0.4 is 0 Å². The van der Waals surface area contributed by atoms with Gasteiger partial charge in [-0.15, -0.1) is 0 Å². The molecule has 0 saturated carbocycles. The number of piperidine rings is 1. The zero-order valence-corrected chi connectivity index (χ0v) is 14.4. The van der Waals surface area contributed by atoms with Crippen molar-refractivity contribution >= 4 is 15.7 Å². The van der Waals surface area contributed by atoms with Crippen molar-refractivity contribution in [1.82, 2.24) is 10.1 Å². The number of likely N-dealkylation sites (tertiary alicyclic amines) is 1. The average molecular weight is 328 g/mol. The highest BCUT2D eigenvalue weighted by Gasteiger charge is 2.35. The van der Waals surface area contributed by atoms with Gasteiger partial charge in [0.15, 0.2) is 9.84 Å². The van der Waals surface area contributed by atoms with E-state index in [2.05, 4.69) is 19.0 Å². The van der Waals surface area contributed by atoms with Crippen molar-refractivity contribution in [3.63, 3.8) is 0 Å². The quantitative estimate of drug-likeness (QED) is 0.842. The molecule has 1 aliphatic rings. The van der Waals surface area contributed by atoms with Crippen LogP contribution in [0.15, 0.2) is 10.6 Å². The van der Waals surface area contributed by atoms with Crippen molar-refractivity contribution in [2.24, 2.45) is 11.8 Å². The smallest absolute Gasteiger partial charge is 0.240 e. The molecule has 1 fully saturated rings. The number of aryl methyl sites for hydroxylation is 1. The SMILES string of the molecule is Cc1cc(CS(=O)(=O)[C@@H](C)C(=O)N2C[C@H](C)C[C@H](C)C2)no1. The molecule has 1 aromatic rings. The highest BCUT2D eigenvalue weighted by molar-refractivity contribution is 7.92. The van der Waals surface area contributed by atoms with Crippen molar-refractivity contribution in [1.29, 1.82) is 0 Å². The van der Waals surface area contributed by atoms with Crippen LogP contribution in [0.25, 0.3) is 0 Å². The Morgan fingerprint density at radius 3 is 2.50 bits per heavy atom. The first kappa shape index (κ1) is 17.0.